The van der Waals surface area contributed by atoms with E-state index in [0.717, 1.165) is 32.8 Å². The van der Waals surface area contributed by atoms with Gasteiger partial charge in [-0.25, -0.2) is 5.84 Å². The van der Waals surface area contributed by atoms with Gasteiger partial charge in [0, 0.05) is 19.7 Å². The van der Waals surface area contributed by atoms with Crippen molar-refractivity contribution in [3.8, 4) is 0 Å². The maximum atomic E-state index is 11.2. The summed E-state index contributed by atoms with van der Waals surface area (Å²) in [5, 5.41) is 7.62. The second kappa shape index (κ2) is 8.57. The summed E-state index contributed by atoms with van der Waals surface area (Å²) in [6.07, 6.45) is 1.58. The van der Waals surface area contributed by atoms with Crippen LogP contribution in [0.25, 0.3) is 0 Å². The zero-order valence-electron chi connectivity index (χ0n) is 11.5. The number of nitrogen functional groups attached to an aromatic ring is 1. The first kappa shape index (κ1) is 15.5. The Bertz CT molecular complexity index is 381. The molecule has 0 aliphatic rings. The smallest absolute Gasteiger partial charge is 0.287 e. The molecule has 0 radical (unpaired) electrons. The van der Waals surface area contributed by atoms with Gasteiger partial charge in [0.05, 0.1) is 19.3 Å². The molecule has 8 nitrogen and oxygen atoms in total. The third-order valence-corrected chi connectivity index (χ3v) is 2.75. The Morgan fingerprint density at radius 3 is 2.95 bits per heavy atom. The minimum Gasteiger partial charge on any atom is -0.380 e. The van der Waals surface area contributed by atoms with Gasteiger partial charge in [0.25, 0.3) is 5.91 Å². The van der Waals surface area contributed by atoms with E-state index in [9.17, 15) is 4.79 Å². The van der Waals surface area contributed by atoms with Crippen molar-refractivity contribution in [3.05, 3.63) is 11.9 Å². The van der Waals surface area contributed by atoms with Crippen LogP contribution < -0.4 is 11.3 Å². The van der Waals surface area contributed by atoms with Gasteiger partial charge < -0.3 is 4.74 Å². The summed E-state index contributed by atoms with van der Waals surface area (Å²) in [7, 11) is 0. The molecule has 0 fully saturated rings. The molecule has 0 unspecified atom stereocenters. The molecule has 19 heavy (non-hydrogen) atoms. The van der Waals surface area contributed by atoms with Crippen LogP contribution in [-0.2, 0) is 11.3 Å². The second-order valence-electron chi connectivity index (χ2n) is 3.97. The van der Waals surface area contributed by atoms with E-state index in [1.807, 2.05) is 12.3 Å². The number of ether oxygens (including phenoxy) is 1. The Balaban J connectivity index is 2.37. The van der Waals surface area contributed by atoms with Crippen LogP contribution in [0, 0.1) is 0 Å². The van der Waals surface area contributed by atoms with Gasteiger partial charge in [-0.05, 0) is 13.5 Å². The zero-order chi connectivity index (χ0) is 14.1. The molecule has 0 atom stereocenters. The predicted molar refractivity (Wildman–Crippen MR) is 70.3 cm³/mol. The van der Waals surface area contributed by atoms with E-state index in [-0.39, 0.29) is 5.69 Å². The summed E-state index contributed by atoms with van der Waals surface area (Å²) in [6.45, 7) is 8.87. The first-order valence-corrected chi connectivity index (χ1v) is 6.42. The Morgan fingerprint density at radius 2 is 2.32 bits per heavy atom. The van der Waals surface area contributed by atoms with Crippen molar-refractivity contribution in [1.29, 1.82) is 0 Å². The van der Waals surface area contributed by atoms with Crippen molar-refractivity contribution in [2.24, 2.45) is 5.84 Å². The molecular formula is C11H22N6O2. The molecule has 1 aromatic heterocycles. The lowest BCUT2D eigenvalue weighted by atomic mass is 10.4. The van der Waals surface area contributed by atoms with Crippen molar-refractivity contribution >= 4 is 5.91 Å². The van der Waals surface area contributed by atoms with Crippen LogP contribution in [0.3, 0.4) is 0 Å². The SMILES string of the molecule is CCOCCN(CC)CCn1cc(C(=O)NN)nn1. The number of hydrogen-bond acceptors (Lipinski definition) is 6. The lowest BCUT2D eigenvalue weighted by Crippen LogP contribution is -2.31. The number of carbonyl (C=O) groups is 1. The number of hydrogen-bond donors (Lipinski definition) is 2. The number of nitrogens with one attached hydrogen (secondary N) is 1. The zero-order valence-corrected chi connectivity index (χ0v) is 11.5. The van der Waals surface area contributed by atoms with Crippen LogP contribution in [0.1, 0.15) is 24.3 Å². The van der Waals surface area contributed by atoms with E-state index >= 15 is 0 Å². The molecule has 3 N–H and O–H groups in total. The topological polar surface area (TPSA) is 98.3 Å². The molecule has 8 heteroatoms. The van der Waals surface area contributed by atoms with E-state index in [2.05, 4.69) is 22.1 Å². The van der Waals surface area contributed by atoms with Gasteiger partial charge in [-0.2, -0.15) is 0 Å². The maximum Gasteiger partial charge on any atom is 0.287 e. The molecule has 0 aliphatic carbocycles. The minimum absolute atomic E-state index is 0.222. The molecule has 0 spiro atoms. The Hall–Kier alpha value is -1.51. The quantitative estimate of drug-likeness (QED) is 0.265. The molecule has 108 valence electrons. The van der Waals surface area contributed by atoms with Gasteiger partial charge in [-0.15, -0.1) is 5.10 Å². The van der Waals surface area contributed by atoms with Crippen LogP contribution in [0.5, 0.6) is 0 Å². The number of aromatic nitrogens is 3. The fraction of sp³-hybridized carbons (Fsp3) is 0.727. The molecule has 1 aromatic rings. The van der Waals surface area contributed by atoms with Crippen molar-refractivity contribution in [2.75, 3.05) is 32.8 Å². The lowest BCUT2D eigenvalue weighted by molar-refractivity contribution is 0.0948. The summed E-state index contributed by atoms with van der Waals surface area (Å²) < 4.78 is 6.96. The fourth-order valence-corrected chi connectivity index (χ4v) is 1.60. The van der Waals surface area contributed by atoms with Gasteiger partial charge in [-0.1, -0.05) is 12.1 Å². The largest absolute Gasteiger partial charge is 0.380 e. The number of carbonyl (C=O) groups excluding carboxylic acids is 1. The molecular weight excluding hydrogens is 248 g/mol. The highest BCUT2D eigenvalue weighted by Crippen LogP contribution is 1.95. The number of hydrazine groups is 1. The summed E-state index contributed by atoms with van der Waals surface area (Å²) in [5.74, 6) is 4.59. The summed E-state index contributed by atoms with van der Waals surface area (Å²) in [6, 6.07) is 0. The van der Waals surface area contributed by atoms with E-state index in [0.29, 0.717) is 6.54 Å². The van der Waals surface area contributed by atoms with Crippen LogP contribution >= 0.6 is 0 Å². The molecule has 1 heterocycles. The molecule has 0 saturated heterocycles. The fourth-order valence-electron chi connectivity index (χ4n) is 1.60. The number of likely N-dealkylation sites (N-methyl/N-ethyl adjacent to an activating group) is 1. The van der Waals surface area contributed by atoms with Crippen LogP contribution in [0.4, 0.5) is 0 Å². The highest BCUT2D eigenvalue weighted by atomic mass is 16.5. The van der Waals surface area contributed by atoms with Gasteiger partial charge in [0.2, 0.25) is 0 Å². The number of rotatable bonds is 9. The molecule has 0 aliphatic heterocycles. The molecule has 0 bridgehead atoms. The second-order valence-corrected chi connectivity index (χ2v) is 3.97. The van der Waals surface area contributed by atoms with Crippen molar-refractivity contribution in [1.82, 2.24) is 25.3 Å². The number of nitrogens with zero attached hydrogens (tertiary/aromatic N) is 4. The normalized spacial score (nSPS) is 10.9. The first-order chi connectivity index (χ1) is 9.21. The average molecular weight is 270 g/mol. The first-order valence-electron chi connectivity index (χ1n) is 6.42. The van der Waals surface area contributed by atoms with E-state index in [1.54, 1.807) is 10.9 Å². The van der Waals surface area contributed by atoms with Crippen LogP contribution in [0.2, 0.25) is 0 Å². The molecule has 0 aromatic carbocycles. The predicted octanol–water partition coefficient (Wildman–Crippen LogP) is -0.760. The van der Waals surface area contributed by atoms with E-state index < -0.39 is 5.91 Å². The standard InChI is InChI=1S/C11H22N6O2/c1-3-16(7-8-19-4-2)5-6-17-9-10(14-15-17)11(18)13-12/h9H,3-8,12H2,1-2H3,(H,13,18). The Labute approximate surface area is 112 Å². The van der Waals surface area contributed by atoms with Gasteiger partial charge in [-0.3, -0.25) is 19.8 Å². The third kappa shape index (κ3) is 5.33. The van der Waals surface area contributed by atoms with Gasteiger partial charge in [0.1, 0.15) is 0 Å². The molecule has 1 rings (SSSR count). The number of amides is 1. The molecule has 0 saturated carbocycles. The Morgan fingerprint density at radius 1 is 1.53 bits per heavy atom. The van der Waals surface area contributed by atoms with E-state index in [4.69, 9.17) is 10.6 Å². The molecule has 1 amide bonds. The highest BCUT2D eigenvalue weighted by Gasteiger charge is 2.09. The lowest BCUT2D eigenvalue weighted by Gasteiger charge is -2.19. The van der Waals surface area contributed by atoms with Crippen molar-refractivity contribution in [2.45, 2.75) is 20.4 Å². The van der Waals surface area contributed by atoms with Crippen molar-refractivity contribution in [3.63, 3.8) is 0 Å². The van der Waals surface area contributed by atoms with Crippen LogP contribution in [0.15, 0.2) is 6.20 Å². The van der Waals surface area contributed by atoms with E-state index in [1.165, 1.54) is 0 Å². The number of nitrogens with two attached hydrogens (primary N) is 1. The third-order valence-electron chi connectivity index (χ3n) is 2.75. The summed E-state index contributed by atoms with van der Waals surface area (Å²) in [4.78, 5) is 13.5. The maximum absolute atomic E-state index is 11.2. The van der Waals surface area contributed by atoms with Crippen LogP contribution in [-0.4, -0.2) is 58.6 Å². The average Bonchev–Trinajstić information content (AvgIpc) is 2.90. The van der Waals surface area contributed by atoms with Gasteiger partial charge >= 0.3 is 0 Å². The Kier molecular flexibility index (Phi) is 7.01. The summed E-state index contributed by atoms with van der Waals surface area (Å²) in [5.41, 5.74) is 2.25. The van der Waals surface area contributed by atoms with Crippen molar-refractivity contribution < 1.29 is 9.53 Å². The van der Waals surface area contributed by atoms with Gasteiger partial charge in [0.15, 0.2) is 5.69 Å². The monoisotopic (exact) mass is 270 g/mol. The highest BCUT2D eigenvalue weighted by molar-refractivity contribution is 5.91. The minimum atomic E-state index is -0.435. The summed E-state index contributed by atoms with van der Waals surface area (Å²) >= 11 is 0.